The van der Waals surface area contributed by atoms with E-state index in [4.69, 9.17) is 10.5 Å². The summed E-state index contributed by atoms with van der Waals surface area (Å²) in [7, 11) is 1.54. The van der Waals surface area contributed by atoms with E-state index in [1.807, 2.05) is 49.4 Å². The van der Waals surface area contributed by atoms with Crippen LogP contribution in [0.15, 0.2) is 71.5 Å². The molecule has 0 aliphatic rings. The van der Waals surface area contributed by atoms with Gasteiger partial charge in [-0.1, -0.05) is 48.5 Å². The smallest absolute Gasteiger partial charge is 0.348 e. The molecule has 1 aromatic heterocycles. The summed E-state index contributed by atoms with van der Waals surface area (Å²) in [5, 5.41) is 27.7. The fraction of sp³-hybridized carbons (Fsp3) is 0.192. The summed E-state index contributed by atoms with van der Waals surface area (Å²) in [6, 6.07) is 18.7. The van der Waals surface area contributed by atoms with Crippen LogP contribution in [0.4, 0.5) is 0 Å². The summed E-state index contributed by atoms with van der Waals surface area (Å²) in [5.74, 6) is -1.26. The monoisotopic (exact) mass is 489 g/mol. The van der Waals surface area contributed by atoms with Gasteiger partial charge < -0.3 is 25.6 Å². The molecule has 4 aromatic rings. The van der Waals surface area contributed by atoms with E-state index in [0.717, 1.165) is 17.2 Å². The molecule has 0 spiro atoms. The fourth-order valence-electron chi connectivity index (χ4n) is 3.97. The minimum Gasteiger partial charge on any atom is -0.507 e. The zero-order valence-corrected chi connectivity index (χ0v) is 19.9. The second kappa shape index (κ2) is 10.5. The molecule has 1 unspecified atom stereocenters. The first-order valence-corrected chi connectivity index (χ1v) is 11.3. The highest BCUT2D eigenvalue weighted by atomic mass is 16.5. The van der Waals surface area contributed by atoms with Gasteiger partial charge in [-0.25, -0.2) is 14.5 Å². The van der Waals surface area contributed by atoms with Crippen molar-refractivity contribution in [2.75, 3.05) is 20.2 Å². The van der Waals surface area contributed by atoms with E-state index in [9.17, 15) is 19.8 Å². The first-order valence-electron chi connectivity index (χ1n) is 11.3. The molecular weight excluding hydrogens is 462 g/mol. The number of nitrogens with two attached hydrogens (primary N) is 1. The molecule has 1 atom stereocenters. The maximum absolute atomic E-state index is 13.5. The van der Waals surface area contributed by atoms with Crippen molar-refractivity contribution in [2.45, 2.75) is 13.2 Å². The Morgan fingerprint density at radius 2 is 1.81 bits per heavy atom. The summed E-state index contributed by atoms with van der Waals surface area (Å²) in [6.07, 6.45) is -0.769. The van der Waals surface area contributed by atoms with Gasteiger partial charge in [-0.2, -0.15) is 5.10 Å². The summed E-state index contributed by atoms with van der Waals surface area (Å²) in [5.41, 5.74) is 7.16. The van der Waals surface area contributed by atoms with Gasteiger partial charge in [0.25, 0.3) is 5.91 Å². The number of H-pyrrole nitrogens is 1. The highest BCUT2D eigenvalue weighted by Crippen LogP contribution is 2.36. The standard InChI is InChI=1S/C26H27N5O5/c1-16-8-6-7-11-20(16)31-23(28-29-26(31)35)18-14-19(22(33)15-21(18)32)24(34)30(2)25(36-13-12-27)17-9-4-3-5-10-17/h3-11,14-15,25,32-33H,12-13,27H2,1-2H3,(H,29,35). The lowest BCUT2D eigenvalue weighted by atomic mass is 10.1. The highest BCUT2D eigenvalue weighted by Gasteiger charge is 2.27. The number of amides is 1. The molecule has 1 amide bonds. The Hall–Kier alpha value is -4.41. The average Bonchev–Trinajstić information content (AvgIpc) is 3.25. The van der Waals surface area contributed by atoms with E-state index in [1.165, 1.54) is 15.5 Å². The number of carbonyl (C=O) groups excluding carboxylic acids is 1. The van der Waals surface area contributed by atoms with Crippen molar-refractivity contribution >= 4 is 5.91 Å². The van der Waals surface area contributed by atoms with E-state index in [2.05, 4.69) is 10.2 Å². The molecule has 0 saturated heterocycles. The summed E-state index contributed by atoms with van der Waals surface area (Å²) >= 11 is 0. The molecular formula is C26H27N5O5. The van der Waals surface area contributed by atoms with Crippen LogP contribution >= 0.6 is 0 Å². The number of aromatic hydroxyl groups is 2. The molecule has 10 nitrogen and oxygen atoms in total. The third kappa shape index (κ3) is 4.72. The van der Waals surface area contributed by atoms with E-state index < -0.39 is 23.6 Å². The second-order valence-electron chi connectivity index (χ2n) is 8.20. The van der Waals surface area contributed by atoms with Crippen LogP contribution in [-0.4, -0.2) is 56.0 Å². The number of carbonyl (C=O) groups is 1. The lowest BCUT2D eigenvalue weighted by Gasteiger charge is -2.29. The Morgan fingerprint density at radius 3 is 2.50 bits per heavy atom. The molecule has 186 valence electrons. The number of rotatable bonds is 8. The van der Waals surface area contributed by atoms with Crippen LogP contribution in [0.5, 0.6) is 11.5 Å². The van der Waals surface area contributed by atoms with Crippen molar-refractivity contribution in [1.82, 2.24) is 19.7 Å². The van der Waals surface area contributed by atoms with Gasteiger partial charge in [-0.15, -0.1) is 0 Å². The predicted molar refractivity (Wildman–Crippen MR) is 134 cm³/mol. The van der Waals surface area contributed by atoms with Gasteiger partial charge in [0.05, 0.1) is 23.4 Å². The number of nitrogens with zero attached hydrogens (tertiary/aromatic N) is 3. The van der Waals surface area contributed by atoms with Crippen molar-refractivity contribution < 1.29 is 19.7 Å². The average molecular weight is 490 g/mol. The second-order valence-corrected chi connectivity index (χ2v) is 8.20. The van der Waals surface area contributed by atoms with Crippen LogP contribution in [0.2, 0.25) is 0 Å². The molecule has 0 fully saturated rings. The summed E-state index contributed by atoms with van der Waals surface area (Å²) in [4.78, 5) is 27.5. The first-order chi connectivity index (χ1) is 17.3. The van der Waals surface area contributed by atoms with Crippen LogP contribution in [0, 0.1) is 6.92 Å². The Balaban J connectivity index is 1.78. The van der Waals surface area contributed by atoms with Gasteiger partial charge >= 0.3 is 5.69 Å². The van der Waals surface area contributed by atoms with Crippen molar-refractivity contribution in [2.24, 2.45) is 5.73 Å². The SMILES string of the molecule is Cc1ccccc1-n1c(-c2cc(C(=O)N(C)C(OCCN)c3ccccc3)c(O)cc2O)n[nH]c1=O. The molecule has 10 heteroatoms. The minimum absolute atomic E-state index is 0.0856. The maximum Gasteiger partial charge on any atom is 0.348 e. The van der Waals surface area contributed by atoms with Gasteiger partial charge in [0.1, 0.15) is 11.5 Å². The number of aromatic amines is 1. The number of nitrogens with one attached hydrogen (secondary N) is 1. The van der Waals surface area contributed by atoms with E-state index >= 15 is 0 Å². The Labute approximate surface area is 207 Å². The number of ether oxygens (including phenoxy) is 1. The lowest BCUT2D eigenvalue weighted by Crippen LogP contribution is -2.34. The molecule has 0 aliphatic carbocycles. The van der Waals surface area contributed by atoms with Crippen LogP contribution in [-0.2, 0) is 4.74 Å². The summed E-state index contributed by atoms with van der Waals surface area (Å²) < 4.78 is 7.14. The number of hydrogen-bond acceptors (Lipinski definition) is 7. The largest absolute Gasteiger partial charge is 0.507 e. The third-order valence-electron chi connectivity index (χ3n) is 5.76. The molecule has 36 heavy (non-hydrogen) atoms. The number of aryl methyl sites for hydroxylation is 1. The van der Waals surface area contributed by atoms with Gasteiger partial charge in [0.2, 0.25) is 0 Å². The number of para-hydroxylation sites is 1. The van der Waals surface area contributed by atoms with Gasteiger partial charge in [-0.3, -0.25) is 4.79 Å². The zero-order chi connectivity index (χ0) is 25.8. The molecule has 4 rings (SSSR count). The number of phenols is 2. The number of aromatic nitrogens is 3. The number of benzene rings is 3. The number of hydrogen-bond donors (Lipinski definition) is 4. The van der Waals surface area contributed by atoms with Gasteiger partial charge in [0, 0.05) is 25.2 Å². The maximum atomic E-state index is 13.5. The highest BCUT2D eigenvalue weighted by molar-refractivity contribution is 5.98. The third-order valence-corrected chi connectivity index (χ3v) is 5.76. The van der Waals surface area contributed by atoms with Crippen molar-refractivity contribution in [3.8, 4) is 28.6 Å². The number of phenolic OH excluding ortho intramolecular Hbond substituents is 2. The molecule has 3 aromatic carbocycles. The van der Waals surface area contributed by atoms with E-state index in [1.54, 1.807) is 19.2 Å². The minimum atomic E-state index is -0.769. The first kappa shape index (κ1) is 24.7. The fourth-order valence-corrected chi connectivity index (χ4v) is 3.97. The Morgan fingerprint density at radius 1 is 1.11 bits per heavy atom. The van der Waals surface area contributed by atoms with Crippen LogP contribution < -0.4 is 11.4 Å². The van der Waals surface area contributed by atoms with Crippen molar-refractivity contribution in [3.05, 3.63) is 93.9 Å². The molecule has 0 aliphatic heterocycles. The van der Waals surface area contributed by atoms with E-state index in [0.29, 0.717) is 5.69 Å². The van der Waals surface area contributed by atoms with Gasteiger partial charge in [0.15, 0.2) is 12.1 Å². The van der Waals surface area contributed by atoms with Crippen molar-refractivity contribution in [3.63, 3.8) is 0 Å². The van der Waals surface area contributed by atoms with Crippen LogP contribution in [0.3, 0.4) is 0 Å². The summed E-state index contributed by atoms with van der Waals surface area (Å²) in [6.45, 7) is 2.31. The van der Waals surface area contributed by atoms with Gasteiger partial charge in [-0.05, 0) is 24.6 Å². The van der Waals surface area contributed by atoms with Crippen molar-refractivity contribution in [1.29, 1.82) is 0 Å². The Kier molecular flexibility index (Phi) is 7.18. The molecule has 0 bridgehead atoms. The zero-order valence-electron chi connectivity index (χ0n) is 19.9. The Bertz CT molecular complexity index is 1430. The lowest BCUT2D eigenvalue weighted by molar-refractivity contribution is -0.0349. The normalized spacial score (nSPS) is 11.9. The molecule has 1 heterocycles. The van der Waals surface area contributed by atoms with E-state index in [-0.39, 0.29) is 35.9 Å². The molecule has 5 N–H and O–H groups in total. The van der Waals surface area contributed by atoms with Crippen LogP contribution in [0.1, 0.15) is 27.7 Å². The molecule has 0 radical (unpaired) electrons. The van der Waals surface area contributed by atoms with Crippen LogP contribution in [0.25, 0.3) is 17.1 Å². The quantitative estimate of drug-likeness (QED) is 0.278. The molecule has 0 saturated carbocycles. The topological polar surface area (TPSA) is 147 Å². The predicted octanol–water partition coefficient (Wildman–Crippen LogP) is 2.69.